The Morgan fingerprint density at radius 2 is 1.77 bits per heavy atom. The summed E-state index contributed by atoms with van der Waals surface area (Å²) in [6, 6.07) is 18.0. The van der Waals surface area contributed by atoms with Gasteiger partial charge in [-0.05, 0) is 25.1 Å². The van der Waals surface area contributed by atoms with Crippen molar-refractivity contribution in [3.8, 4) is 11.3 Å². The molecule has 7 nitrogen and oxygen atoms in total. The zero-order valence-corrected chi connectivity index (χ0v) is 16.9. The molecule has 0 aliphatic heterocycles. The van der Waals surface area contributed by atoms with Crippen molar-refractivity contribution in [3.63, 3.8) is 0 Å². The average molecular weight is 412 g/mol. The highest BCUT2D eigenvalue weighted by atomic mass is 16.5. The third kappa shape index (κ3) is 4.06. The number of aryl methyl sites for hydroxylation is 1. The van der Waals surface area contributed by atoms with Gasteiger partial charge in [-0.3, -0.25) is 9.59 Å². The summed E-state index contributed by atoms with van der Waals surface area (Å²) in [4.78, 5) is 30.3. The second-order valence-electron chi connectivity index (χ2n) is 6.87. The van der Waals surface area contributed by atoms with Crippen LogP contribution >= 0.6 is 0 Å². The number of amides is 2. The van der Waals surface area contributed by atoms with E-state index in [-0.39, 0.29) is 17.5 Å². The first kappa shape index (κ1) is 20.0. The van der Waals surface area contributed by atoms with Gasteiger partial charge in [-0.25, -0.2) is 4.98 Å². The van der Waals surface area contributed by atoms with Crippen LogP contribution in [0.5, 0.6) is 0 Å². The smallest absolute Gasteiger partial charge is 0.259 e. The minimum atomic E-state index is -0.389. The van der Waals surface area contributed by atoms with Crippen molar-refractivity contribution in [2.24, 2.45) is 0 Å². The third-order valence-electron chi connectivity index (χ3n) is 4.76. The number of hydrogen-bond donors (Lipinski definition) is 2. The zero-order chi connectivity index (χ0) is 21.8. The van der Waals surface area contributed by atoms with Crippen LogP contribution in [0.2, 0.25) is 0 Å². The maximum absolute atomic E-state index is 13.3. The van der Waals surface area contributed by atoms with Gasteiger partial charge < -0.3 is 15.2 Å². The van der Waals surface area contributed by atoms with Gasteiger partial charge in [0.25, 0.3) is 17.5 Å². The van der Waals surface area contributed by atoms with Crippen LogP contribution in [0.4, 0.5) is 5.69 Å². The van der Waals surface area contributed by atoms with Crippen LogP contribution in [0.25, 0.3) is 22.4 Å². The molecule has 2 heterocycles. The maximum atomic E-state index is 13.3. The highest BCUT2D eigenvalue weighted by Crippen LogP contribution is 2.28. The minimum absolute atomic E-state index is 0.279. The van der Waals surface area contributed by atoms with E-state index >= 15 is 0 Å². The highest BCUT2D eigenvalue weighted by molar-refractivity contribution is 6.15. The standard InChI is InChI=1S/C24H20N4O3/c1-3-13-25-22(29)17-11-7-8-12-19(17)26-23(30)18-14-20(16-9-5-4-6-10-16)27-24-21(18)15(2)28-31-24/h3-12,14H,1,13H2,2H3,(H,25,29)(H,26,30). The Bertz CT molecular complexity index is 1280. The minimum Gasteiger partial charge on any atom is -0.349 e. The lowest BCUT2D eigenvalue weighted by Gasteiger charge is -2.12. The van der Waals surface area contributed by atoms with Crippen LogP contribution in [0.15, 0.2) is 77.8 Å². The number of nitrogens with zero attached hydrogens (tertiary/aromatic N) is 2. The van der Waals surface area contributed by atoms with E-state index in [2.05, 4.69) is 27.4 Å². The number of rotatable bonds is 6. The Kier molecular flexibility index (Phi) is 5.57. The number of carbonyl (C=O) groups is 2. The molecule has 0 atom stereocenters. The van der Waals surface area contributed by atoms with E-state index in [0.717, 1.165) is 5.56 Å². The van der Waals surface area contributed by atoms with Crippen LogP contribution in [-0.4, -0.2) is 28.5 Å². The van der Waals surface area contributed by atoms with Gasteiger partial charge in [-0.2, -0.15) is 0 Å². The number of fused-ring (bicyclic) bond motifs is 1. The molecule has 31 heavy (non-hydrogen) atoms. The number of pyridine rings is 1. The van der Waals surface area contributed by atoms with E-state index < -0.39 is 0 Å². The van der Waals surface area contributed by atoms with Gasteiger partial charge in [-0.15, -0.1) is 6.58 Å². The summed E-state index contributed by atoms with van der Waals surface area (Å²) in [6.07, 6.45) is 1.59. The number of carbonyl (C=O) groups excluding carboxylic acids is 2. The molecule has 2 amide bonds. The van der Waals surface area contributed by atoms with Crippen molar-refractivity contribution < 1.29 is 14.1 Å². The Hall–Kier alpha value is -4.26. The Balaban J connectivity index is 1.74. The fraction of sp³-hybridized carbons (Fsp3) is 0.0833. The lowest BCUT2D eigenvalue weighted by Crippen LogP contribution is -2.25. The number of anilines is 1. The quantitative estimate of drug-likeness (QED) is 0.459. The molecule has 4 aromatic rings. The fourth-order valence-electron chi connectivity index (χ4n) is 3.27. The molecule has 2 aromatic heterocycles. The van der Waals surface area contributed by atoms with E-state index in [1.54, 1.807) is 43.3 Å². The van der Waals surface area contributed by atoms with Gasteiger partial charge in [0.15, 0.2) is 0 Å². The van der Waals surface area contributed by atoms with E-state index in [1.807, 2.05) is 30.3 Å². The van der Waals surface area contributed by atoms with Crippen molar-refractivity contribution in [3.05, 3.63) is 90.1 Å². The predicted octanol–water partition coefficient (Wildman–Crippen LogP) is 4.37. The molecule has 0 bridgehead atoms. The van der Waals surface area contributed by atoms with E-state index in [9.17, 15) is 9.59 Å². The topological polar surface area (TPSA) is 97.1 Å². The molecule has 2 aromatic carbocycles. The summed E-state index contributed by atoms with van der Waals surface area (Å²) in [7, 11) is 0. The molecule has 154 valence electrons. The summed E-state index contributed by atoms with van der Waals surface area (Å²) in [5, 5.41) is 10.1. The monoisotopic (exact) mass is 412 g/mol. The molecule has 0 saturated heterocycles. The van der Waals surface area contributed by atoms with Crippen LogP contribution in [0.1, 0.15) is 26.4 Å². The van der Waals surface area contributed by atoms with Crippen molar-refractivity contribution >= 4 is 28.6 Å². The van der Waals surface area contributed by atoms with Crippen LogP contribution in [0, 0.1) is 6.92 Å². The first-order valence-corrected chi connectivity index (χ1v) is 9.70. The van der Waals surface area contributed by atoms with Crippen molar-refractivity contribution in [2.45, 2.75) is 6.92 Å². The number of hydrogen-bond acceptors (Lipinski definition) is 5. The first-order valence-electron chi connectivity index (χ1n) is 9.70. The van der Waals surface area contributed by atoms with Gasteiger partial charge in [0.2, 0.25) is 0 Å². The summed E-state index contributed by atoms with van der Waals surface area (Å²) >= 11 is 0. The summed E-state index contributed by atoms with van der Waals surface area (Å²) < 4.78 is 5.34. The highest BCUT2D eigenvalue weighted by Gasteiger charge is 2.21. The van der Waals surface area contributed by atoms with E-state index in [4.69, 9.17) is 4.52 Å². The molecule has 7 heteroatoms. The molecule has 0 saturated carbocycles. The summed E-state index contributed by atoms with van der Waals surface area (Å²) in [5.41, 5.74) is 3.39. The molecule has 2 N–H and O–H groups in total. The van der Waals surface area contributed by atoms with Crippen molar-refractivity contribution in [2.75, 3.05) is 11.9 Å². The van der Waals surface area contributed by atoms with Gasteiger partial charge in [0, 0.05) is 12.1 Å². The van der Waals surface area contributed by atoms with Crippen LogP contribution < -0.4 is 10.6 Å². The SMILES string of the molecule is C=CCNC(=O)c1ccccc1NC(=O)c1cc(-c2ccccc2)nc2onc(C)c12. The Morgan fingerprint density at radius 1 is 1.03 bits per heavy atom. The maximum Gasteiger partial charge on any atom is 0.259 e. The molecule has 0 unspecified atom stereocenters. The second-order valence-corrected chi connectivity index (χ2v) is 6.87. The summed E-state index contributed by atoms with van der Waals surface area (Å²) in [5.74, 6) is -0.693. The fourth-order valence-corrected chi connectivity index (χ4v) is 3.27. The Morgan fingerprint density at radius 3 is 2.55 bits per heavy atom. The van der Waals surface area contributed by atoms with Gasteiger partial charge in [0.05, 0.1) is 33.6 Å². The van der Waals surface area contributed by atoms with Crippen molar-refractivity contribution in [1.29, 1.82) is 0 Å². The van der Waals surface area contributed by atoms with Gasteiger partial charge >= 0.3 is 0 Å². The molecule has 0 aliphatic rings. The van der Waals surface area contributed by atoms with Gasteiger partial charge in [-0.1, -0.05) is 53.7 Å². The van der Waals surface area contributed by atoms with Gasteiger partial charge in [0.1, 0.15) is 0 Å². The zero-order valence-electron chi connectivity index (χ0n) is 16.9. The van der Waals surface area contributed by atoms with Crippen LogP contribution in [-0.2, 0) is 0 Å². The largest absolute Gasteiger partial charge is 0.349 e. The van der Waals surface area contributed by atoms with Crippen molar-refractivity contribution in [1.82, 2.24) is 15.5 Å². The predicted molar refractivity (Wildman–Crippen MR) is 119 cm³/mol. The summed E-state index contributed by atoms with van der Waals surface area (Å²) in [6.45, 7) is 5.68. The molecular formula is C24H20N4O3. The third-order valence-corrected chi connectivity index (χ3v) is 4.76. The molecular weight excluding hydrogens is 392 g/mol. The molecule has 0 fully saturated rings. The number of benzene rings is 2. The molecule has 0 spiro atoms. The molecule has 0 aliphatic carbocycles. The lowest BCUT2D eigenvalue weighted by molar-refractivity contribution is 0.0959. The number of aromatic nitrogens is 2. The van der Waals surface area contributed by atoms with E-state index in [0.29, 0.717) is 40.1 Å². The lowest BCUT2D eigenvalue weighted by atomic mass is 10.0. The second kappa shape index (κ2) is 8.62. The number of para-hydroxylation sites is 1. The normalized spacial score (nSPS) is 10.6. The van der Waals surface area contributed by atoms with Crippen LogP contribution in [0.3, 0.4) is 0 Å². The molecule has 4 rings (SSSR count). The van der Waals surface area contributed by atoms with E-state index in [1.165, 1.54) is 0 Å². The molecule has 0 radical (unpaired) electrons. The Labute approximate surface area is 178 Å². The first-order chi connectivity index (χ1) is 15.1. The average Bonchev–Trinajstić information content (AvgIpc) is 3.18. The number of nitrogens with one attached hydrogen (secondary N) is 2.